The average Bonchev–Trinajstić information content (AvgIpc) is 2.67. The number of likely N-dealkylation sites (tertiary alicyclic amines) is 1. The van der Waals surface area contributed by atoms with Gasteiger partial charge in [0.15, 0.2) is 0 Å². The molecule has 0 radical (unpaired) electrons. The first-order valence-corrected chi connectivity index (χ1v) is 11.2. The number of benzene rings is 2. The van der Waals surface area contributed by atoms with Gasteiger partial charge >= 0.3 is 0 Å². The highest BCUT2D eigenvalue weighted by atomic mass is 32.2. The second-order valence-corrected chi connectivity index (χ2v) is 8.81. The molecule has 154 valence electrons. The van der Waals surface area contributed by atoms with Gasteiger partial charge in [0, 0.05) is 31.4 Å². The molecule has 1 aliphatic rings. The number of rotatable bonds is 8. The largest absolute Gasteiger partial charge is 0.497 e. The van der Waals surface area contributed by atoms with Crippen LogP contribution < -0.4 is 4.74 Å². The zero-order chi connectivity index (χ0) is 20.4. The maximum atomic E-state index is 5.27. The van der Waals surface area contributed by atoms with Crippen LogP contribution in [-0.2, 0) is 13.1 Å². The summed E-state index contributed by atoms with van der Waals surface area (Å²) >= 11 is 2.01. The van der Waals surface area contributed by atoms with E-state index in [1.165, 1.54) is 36.2 Å². The molecule has 1 saturated heterocycles. The topological polar surface area (TPSA) is 15.7 Å². The normalized spacial score (nSPS) is 14.4. The number of nitrogens with zero attached hydrogens (tertiary/aromatic N) is 2. The van der Waals surface area contributed by atoms with E-state index in [2.05, 4.69) is 73.3 Å². The Morgan fingerprint density at radius 1 is 0.929 bits per heavy atom. The summed E-state index contributed by atoms with van der Waals surface area (Å²) in [6, 6.07) is 17.3. The lowest BCUT2D eigenvalue weighted by Gasteiger charge is -2.40. The highest BCUT2D eigenvalue weighted by Crippen LogP contribution is 2.29. The molecule has 0 atom stereocenters. The number of aryl methyl sites for hydroxylation is 1. The van der Waals surface area contributed by atoms with Crippen molar-refractivity contribution in [3.8, 4) is 5.75 Å². The molecule has 0 bridgehead atoms. The Balaban J connectivity index is 0.000000878. The Bertz CT molecular complexity index is 666. The van der Waals surface area contributed by atoms with Crippen molar-refractivity contribution >= 4 is 11.9 Å². The van der Waals surface area contributed by atoms with E-state index in [-0.39, 0.29) is 0 Å². The molecule has 2 aromatic rings. The molecule has 1 fully saturated rings. The molecule has 4 heteroatoms. The first-order chi connectivity index (χ1) is 13.6. The fourth-order valence-electron chi connectivity index (χ4n) is 3.02. The van der Waals surface area contributed by atoms with Gasteiger partial charge in [-0.2, -0.15) is 0 Å². The Morgan fingerprint density at radius 2 is 1.43 bits per heavy atom. The van der Waals surface area contributed by atoms with E-state index in [4.69, 9.17) is 4.74 Å². The third kappa shape index (κ3) is 7.50. The minimum absolute atomic E-state index is 0.712. The van der Waals surface area contributed by atoms with Crippen molar-refractivity contribution in [3.63, 3.8) is 0 Å². The van der Waals surface area contributed by atoms with Gasteiger partial charge in [-0.3, -0.25) is 0 Å². The maximum Gasteiger partial charge on any atom is 0.118 e. The zero-order valence-electron chi connectivity index (χ0n) is 18.1. The van der Waals surface area contributed by atoms with Crippen LogP contribution in [0.5, 0.6) is 5.75 Å². The highest BCUT2D eigenvalue weighted by Gasteiger charge is 2.28. The van der Waals surface area contributed by atoms with E-state index >= 15 is 0 Å². The van der Waals surface area contributed by atoms with Gasteiger partial charge in [0.25, 0.3) is 0 Å². The van der Waals surface area contributed by atoms with Crippen molar-refractivity contribution in [1.29, 1.82) is 0 Å². The number of hydrogen-bond acceptors (Lipinski definition) is 4. The summed E-state index contributed by atoms with van der Waals surface area (Å²) in [5.41, 5.74) is 4.01. The summed E-state index contributed by atoms with van der Waals surface area (Å²) in [5.74, 6) is 0.916. The van der Waals surface area contributed by atoms with Crippen molar-refractivity contribution in [1.82, 2.24) is 9.21 Å². The van der Waals surface area contributed by atoms with Crippen LogP contribution >= 0.6 is 11.9 Å². The predicted molar refractivity (Wildman–Crippen MR) is 123 cm³/mol. The fourth-order valence-corrected chi connectivity index (χ4v) is 4.44. The third-order valence-corrected chi connectivity index (χ3v) is 5.82. The van der Waals surface area contributed by atoms with Crippen LogP contribution in [0.3, 0.4) is 0 Å². The lowest BCUT2D eigenvalue weighted by molar-refractivity contribution is 0.198. The summed E-state index contributed by atoms with van der Waals surface area (Å²) in [6.45, 7) is 14.1. The Hall–Kier alpha value is -1.49. The lowest BCUT2D eigenvalue weighted by atomic mass is 10.1. The molecule has 2 aromatic carbocycles. The monoisotopic (exact) mass is 400 g/mol. The molecule has 1 heterocycles. The molecule has 3 rings (SSSR count). The summed E-state index contributed by atoms with van der Waals surface area (Å²) in [6.07, 6.45) is 1.25. The molecule has 0 spiro atoms. The Morgan fingerprint density at radius 3 is 1.89 bits per heavy atom. The molecule has 1 aliphatic heterocycles. The first kappa shape index (κ1) is 22.8. The van der Waals surface area contributed by atoms with Crippen molar-refractivity contribution < 1.29 is 4.74 Å². The quantitative estimate of drug-likeness (QED) is 0.522. The van der Waals surface area contributed by atoms with Gasteiger partial charge in [0.1, 0.15) is 5.75 Å². The lowest BCUT2D eigenvalue weighted by Crippen LogP contribution is -2.49. The van der Waals surface area contributed by atoms with Crippen molar-refractivity contribution in [2.24, 2.45) is 0 Å². The average molecular weight is 401 g/mol. The van der Waals surface area contributed by atoms with Crippen LogP contribution in [0, 0.1) is 6.92 Å². The Kier molecular flexibility index (Phi) is 9.89. The smallest absolute Gasteiger partial charge is 0.118 e. The molecule has 0 unspecified atom stereocenters. The van der Waals surface area contributed by atoms with E-state index in [1.54, 1.807) is 7.11 Å². The molecule has 0 saturated carbocycles. The maximum absolute atomic E-state index is 5.27. The number of hydrogen-bond donors (Lipinski definition) is 0. The second-order valence-electron chi connectivity index (χ2n) is 7.42. The minimum Gasteiger partial charge on any atom is -0.497 e. The van der Waals surface area contributed by atoms with E-state index in [0.29, 0.717) is 5.25 Å². The van der Waals surface area contributed by atoms with Crippen LogP contribution in [0.4, 0.5) is 0 Å². The molecular weight excluding hydrogens is 364 g/mol. The van der Waals surface area contributed by atoms with Gasteiger partial charge in [-0.05, 0) is 36.7 Å². The van der Waals surface area contributed by atoms with E-state index in [9.17, 15) is 0 Å². The van der Waals surface area contributed by atoms with Crippen LogP contribution in [0.2, 0.25) is 0 Å². The summed E-state index contributed by atoms with van der Waals surface area (Å²) in [7, 11) is 1.71. The van der Waals surface area contributed by atoms with Crippen LogP contribution in [0.25, 0.3) is 0 Å². The molecule has 0 aromatic heterocycles. The third-order valence-electron chi connectivity index (χ3n) is 4.67. The van der Waals surface area contributed by atoms with Gasteiger partial charge in [-0.1, -0.05) is 81.1 Å². The molecule has 0 aliphatic carbocycles. The van der Waals surface area contributed by atoms with Gasteiger partial charge in [-0.25, -0.2) is 4.31 Å². The molecule has 3 nitrogen and oxygen atoms in total. The summed E-state index contributed by atoms with van der Waals surface area (Å²) in [4.78, 5) is 2.50. The van der Waals surface area contributed by atoms with E-state index < -0.39 is 0 Å². The summed E-state index contributed by atoms with van der Waals surface area (Å²) < 4.78 is 7.78. The standard InChI is InChI=1S/C21H28N2OS.C3H8/c1-4-22-15-21(16-22)25-23(13-18-7-5-17(2)6-8-18)14-19-9-11-20(24-3)12-10-19;1-3-2/h5-12,21H,4,13-16H2,1-3H3;3H2,1-2H3. The van der Waals surface area contributed by atoms with Gasteiger partial charge in [0.05, 0.1) is 7.11 Å². The van der Waals surface area contributed by atoms with Gasteiger partial charge in [-0.15, -0.1) is 0 Å². The summed E-state index contributed by atoms with van der Waals surface area (Å²) in [5, 5.41) is 0.712. The SMILES string of the molecule is CCC.CCN1CC(SN(Cc2ccc(C)cc2)Cc2ccc(OC)cc2)C1. The zero-order valence-corrected chi connectivity index (χ0v) is 19.0. The Labute approximate surface area is 176 Å². The number of methoxy groups -OCH3 is 1. The molecule has 0 N–H and O–H groups in total. The predicted octanol–water partition coefficient (Wildman–Crippen LogP) is 5.77. The molecule has 0 amide bonds. The van der Waals surface area contributed by atoms with Crippen LogP contribution in [0.1, 0.15) is 43.9 Å². The van der Waals surface area contributed by atoms with E-state index in [0.717, 1.165) is 25.4 Å². The van der Waals surface area contributed by atoms with Crippen LogP contribution in [-0.4, -0.2) is 41.2 Å². The second kappa shape index (κ2) is 12.2. The van der Waals surface area contributed by atoms with Crippen molar-refractivity contribution in [3.05, 3.63) is 65.2 Å². The van der Waals surface area contributed by atoms with E-state index in [1.807, 2.05) is 24.1 Å². The first-order valence-electron chi connectivity index (χ1n) is 10.4. The van der Waals surface area contributed by atoms with Gasteiger partial charge in [0.2, 0.25) is 0 Å². The minimum atomic E-state index is 0.712. The molecule has 28 heavy (non-hydrogen) atoms. The van der Waals surface area contributed by atoms with Crippen molar-refractivity contribution in [2.75, 3.05) is 26.7 Å². The van der Waals surface area contributed by atoms with Crippen molar-refractivity contribution in [2.45, 2.75) is 52.5 Å². The van der Waals surface area contributed by atoms with Crippen LogP contribution in [0.15, 0.2) is 48.5 Å². The fraction of sp³-hybridized carbons (Fsp3) is 0.500. The molecular formula is C24H36N2OS. The van der Waals surface area contributed by atoms with Gasteiger partial charge < -0.3 is 9.64 Å². The highest BCUT2D eigenvalue weighted by molar-refractivity contribution is 7.97. The number of ether oxygens (including phenoxy) is 1.